The highest BCUT2D eigenvalue weighted by Crippen LogP contribution is 2.52. The van der Waals surface area contributed by atoms with Crippen LogP contribution in [0.3, 0.4) is 0 Å². The Morgan fingerprint density at radius 1 is 0.909 bits per heavy atom. The van der Waals surface area contributed by atoms with Gasteiger partial charge in [-0.3, -0.25) is 0 Å². The number of benzene rings is 2. The Balaban J connectivity index is 2.18. The van der Waals surface area contributed by atoms with Gasteiger partial charge >= 0.3 is 0 Å². The molecule has 0 amide bonds. The number of hydrogen-bond donors (Lipinski definition) is 1. The summed E-state index contributed by atoms with van der Waals surface area (Å²) >= 11 is 0. The largest absolute Gasteiger partial charge is 0.411 e. The van der Waals surface area contributed by atoms with Gasteiger partial charge in [0.05, 0.1) is 11.4 Å². The number of oxime groups is 1. The third-order valence-corrected chi connectivity index (χ3v) is 7.96. The van der Waals surface area contributed by atoms with Crippen molar-refractivity contribution < 1.29 is 9.77 Å². The second kappa shape index (κ2) is 6.50. The Morgan fingerprint density at radius 2 is 1.45 bits per heavy atom. The van der Waals surface area contributed by atoms with Crippen molar-refractivity contribution in [1.82, 2.24) is 0 Å². The predicted octanol–water partition coefficient (Wildman–Crippen LogP) is 3.77. The average molecular weight is 313 g/mol. The standard InChI is InChI=1S/C18H20NO2P/c20-19-17-13-7-8-14-18(17)22(21,15-9-3-1-4-10-15)16-11-5-2-6-12-16/h1-6,9-12,18,20H,7-8,13-14H2/b19-17-/t18-/m0/s1. The first-order valence-electron chi connectivity index (χ1n) is 7.68. The third-order valence-electron chi connectivity index (χ3n) is 4.39. The van der Waals surface area contributed by atoms with Crippen LogP contribution in [0.2, 0.25) is 0 Å². The van der Waals surface area contributed by atoms with E-state index in [9.17, 15) is 9.77 Å². The molecule has 2 aromatic rings. The van der Waals surface area contributed by atoms with Gasteiger partial charge < -0.3 is 9.77 Å². The van der Waals surface area contributed by atoms with Gasteiger partial charge in [-0.25, -0.2) is 0 Å². The lowest BCUT2D eigenvalue weighted by Gasteiger charge is -2.32. The van der Waals surface area contributed by atoms with Crippen molar-refractivity contribution in [3.63, 3.8) is 0 Å². The molecule has 3 nitrogen and oxygen atoms in total. The minimum Gasteiger partial charge on any atom is -0.411 e. The lowest BCUT2D eigenvalue weighted by atomic mass is 9.98. The fraction of sp³-hybridized carbons (Fsp3) is 0.278. The summed E-state index contributed by atoms with van der Waals surface area (Å²) < 4.78 is 14.1. The monoisotopic (exact) mass is 313 g/mol. The van der Waals surface area contributed by atoms with Crippen LogP contribution in [0, 0.1) is 0 Å². The van der Waals surface area contributed by atoms with Gasteiger partial charge in [-0.15, -0.1) is 0 Å². The molecule has 0 aromatic heterocycles. The summed E-state index contributed by atoms with van der Waals surface area (Å²) in [6, 6.07) is 19.3. The molecule has 22 heavy (non-hydrogen) atoms. The smallest absolute Gasteiger partial charge is 0.151 e. The SMILES string of the molecule is O=P(c1ccccc1)(c1ccccc1)[C@H]1CCCC/C1=N/O. The molecular weight excluding hydrogens is 293 g/mol. The molecule has 1 aliphatic rings. The van der Waals surface area contributed by atoms with E-state index in [-0.39, 0.29) is 5.66 Å². The lowest BCUT2D eigenvalue weighted by Crippen LogP contribution is -2.34. The molecule has 3 rings (SSSR count). The zero-order chi connectivity index (χ0) is 15.4. The fourth-order valence-corrected chi connectivity index (χ4v) is 6.69. The Bertz CT molecular complexity index is 654. The number of hydrogen-bond acceptors (Lipinski definition) is 3. The van der Waals surface area contributed by atoms with Crippen LogP contribution in [0.1, 0.15) is 25.7 Å². The maximum Gasteiger partial charge on any atom is 0.151 e. The zero-order valence-electron chi connectivity index (χ0n) is 12.4. The molecule has 2 aromatic carbocycles. The molecule has 0 unspecified atom stereocenters. The van der Waals surface area contributed by atoms with E-state index in [2.05, 4.69) is 5.16 Å². The van der Waals surface area contributed by atoms with Crippen LogP contribution in [0.4, 0.5) is 0 Å². The molecule has 114 valence electrons. The van der Waals surface area contributed by atoms with Gasteiger partial charge in [0.25, 0.3) is 0 Å². The van der Waals surface area contributed by atoms with Crippen molar-refractivity contribution >= 4 is 23.5 Å². The minimum absolute atomic E-state index is 0.198. The van der Waals surface area contributed by atoms with E-state index >= 15 is 0 Å². The molecule has 1 saturated carbocycles. The van der Waals surface area contributed by atoms with E-state index < -0.39 is 7.14 Å². The maximum absolute atomic E-state index is 14.1. The molecule has 0 spiro atoms. The second-order valence-electron chi connectivity index (χ2n) is 5.68. The molecule has 4 heteroatoms. The summed E-state index contributed by atoms with van der Waals surface area (Å²) in [5.41, 5.74) is 0.485. The summed E-state index contributed by atoms with van der Waals surface area (Å²) in [5.74, 6) is 0. The minimum atomic E-state index is -2.86. The molecule has 1 atom stereocenters. The molecule has 0 heterocycles. The Hall–Kier alpha value is -1.86. The van der Waals surface area contributed by atoms with Crippen molar-refractivity contribution in [2.75, 3.05) is 0 Å². The second-order valence-corrected chi connectivity index (χ2v) is 8.65. The third kappa shape index (κ3) is 2.62. The van der Waals surface area contributed by atoms with E-state index in [1.165, 1.54) is 0 Å². The van der Waals surface area contributed by atoms with Crippen LogP contribution in [0.25, 0.3) is 0 Å². The van der Waals surface area contributed by atoms with E-state index in [0.717, 1.165) is 36.3 Å². The maximum atomic E-state index is 14.1. The fourth-order valence-electron chi connectivity index (χ4n) is 3.29. The van der Waals surface area contributed by atoms with Gasteiger partial charge in [-0.05, 0) is 19.3 Å². The molecule has 1 aliphatic carbocycles. The van der Waals surface area contributed by atoms with Crippen LogP contribution >= 0.6 is 7.14 Å². The van der Waals surface area contributed by atoms with Crippen LogP contribution in [0.5, 0.6) is 0 Å². The summed E-state index contributed by atoms with van der Waals surface area (Å²) in [6.07, 6.45) is 3.55. The number of rotatable bonds is 3. The summed E-state index contributed by atoms with van der Waals surface area (Å²) in [4.78, 5) is 0. The van der Waals surface area contributed by atoms with Crippen LogP contribution < -0.4 is 10.6 Å². The molecule has 0 radical (unpaired) electrons. The van der Waals surface area contributed by atoms with Crippen molar-refractivity contribution in [2.45, 2.75) is 31.3 Å². The molecular formula is C18H20NO2P. The predicted molar refractivity (Wildman–Crippen MR) is 91.2 cm³/mol. The Morgan fingerprint density at radius 3 is 1.95 bits per heavy atom. The van der Waals surface area contributed by atoms with E-state index in [0.29, 0.717) is 5.71 Å². The van der Waals surface area contributed by atoms with Gasteiger partial charge in [-0.1, -0.05) is 72.2 Å². The topological polar surface area (TPSA) is 49.7 Å². The van der Waals surface area contributed by atoms with Gasteiger partial charge in [0.2, 0.25) is 0 Å². The van der Waals surface area contributed by atoms with Crippen molar-refractivity contribution in [3.05, 3.63) is 60.7 Å². The number of nitrogens with zero attached hydrogens (tertiary/aromatic N) is 1. The molecule has 1 fully saturated rings. The van der Waals surface area contributed by atoms with Gasteiger partial charge in [0, 0.05) is 10.6 Å². The molecule has 0 bridgehead atoms. The van der Waals surface area contributed by atoms with Gasteiger partial charge in [-0.2, -0.15) is 0 Å². The first-order chi connectivity index (χ1) is 10.8. The lowest BCUT2D eigenvalue weighted by molar-refractivity contribution is 0.314. The van der Waals surface area contributed by atoms with Gasteiger partial charge in [0.15, 0.2) is 7.14 Å². The van der Waals surface area contributed by atoms with Crippen molar-refractivity contribution in [2.24, 2.45) is 5.16 Å². The van der Waals surface area contributed by atoms with Gasteiger partial charge in [0.1, 0.15) is 0 Å². The zero-order valence-corrected chi connectivity index (χ0v) is 13.3. The molecule has 1 N–H and O–H groups in total. The highest BCUT2D eigenvalue weighted by Gasteiger charge is 2.40. The highest BCUT2D eigenvalue weighted by molar-refractivity contribution is 7.80. The molecule has 0 saturated heterocycles. The van der Waals surface area contributed by atoms with Crippen LogP contribution in [-0.2, 0) is 4.57 Å². The Labute approximate surface area is 131 Å². The first kappa shape index (κ1) is 15.1. The molecule has 0 aliphatic heterocycles. The van der Waals surface area contributed by atoms with Crippen molar-refractivity contribution in [3.8, 4) is 0 Å². The van der Waals surface area contributed by atoms with E-state index in [1.54, 1.807) is 0 Å². The van der Waals surface area contributed by atoms with E-state index in [4.69, 9.17) is 0 Å². The van der Waals surface area contributed by atoms with Crippen molar-refractivity contribution in [1.29, 1.82) is 0 Å². The first-order valence-corrected chi connectivity index (χ1v) is 9.46. The summed E-state index contributed by atoms with van der Waals surface area (Å²) in [5, 5.41) is 14.6. The normalized spacial score (nSPS) is 20.9. The quantitative estimate of drug-likeness (QED) is 0.533. The highest BCUT2D eigenvalue weighted by atomic mass is 31.2. The van der Waals surface area contributed by atoms with E-state index in [1.807, 2.05) is 60.7 Å². The van der Waals surface area contributed by atoms with Crippen LogP contribution in [-0.4, -0.2) is 16.6 Å². The summed E-state index contributed by atoms with van der Waals surface area (Å²) in [7, 11) is -2.86. The Kier molecular flexibility index (Phi) is 4.44. The van der Waals surface area contributed by atoms with Crippen LogP contribution in [0.15, 0.2) is 65.8 Å². The summed E-state index contributed by atoms with van der Waals surface area (Å²) in [6.45, 7) is 0. The average Bonchev–Trinajstić information content (AvgIpc) is 2.62.